The fourth-order valence-electron chi connectivity index (χ4n) is 1.70. The van der Waals surface area contributed by atoms with Crippen molar-refractivity contribution in [2.45, 2.75) is 40.0 Å². The van der Waals surface area contributed by atoms with Crippen LogP contribution in [0.3, 0.4) is 0 Å². The van der Waals surface area contributed by atoms with E-state index in [1.807, 2.05) is 46.8 Å². The van der Waals surface area contributed by atoms with Crippen molar-refractivity contribution < 1.29 is 4.79 Å². The minimum Gasteiger partial charge on any atom is -0.318 e. The molecule has 20 heavy (non-hydrogen) atoms. The van der Waals surface area contributed by atoms with Gasteiger partial charge in [0.1, 0.15) is 5.82 Å². The van der Waals surface area contributed by atoms with Gasteiger partial charge in [0.15, 0.2) is 0 Å². The lowest BCUT2D eigenvalue weighted by Crippen LogP contribution is -2.16. The minimum absolute atomic E-state index is 0.134. The van der Waals surface area contributed by atoms with Crippen molar-refractivity contribution in [3.05, 3.63) is 35.2 Å². The molecule has 0 aliphatic carbocycles. The maximum Gasteiger partial charge on any atom is 0.295 e. The summed E-state index contributed by atoms with van der Waals surface area (Å²) in [6.07, 6.45) is 0. The summed E-state index contributed by atoms with van der Waals surface area (Å²) in [6, 6.07) is 3.67. The monoisotopic (exact) mass is 273 g/mol. The van der Waals surface area contributed by atoms with Crippen LogP contribution in [0.1, 0.15) is 48.6 Å². The van der Waals surface area contributed by atoms with Gasteiger partial charge in [-0.1, -0.05) is 20.8 Å². The lowest BCUT2D eigenvalue weighted by atomic mass is 9.96. The van der Waals surface area contributed by atoms with Crippen molar-refractivity contribution >= 4 is 11.6 Å². The second-order valence-corrected chi connectivity index (χ2v) is 5.80. The average Bonchev–Trinajstić information content (AvgIpc) is 2.82. The number of carbonyl (C=O) groups is 1. The number of hydrogen-bond donors (Lipinski definition) is 2. The Morgan fingerprint density at radius 1 is 1.20 bits per heavy atom. The Bertz CT molecular complexity index is 639. The average molecular weight is 273 g/mol. The van der Waals surface area contributed by atoms with Crippen LogP contribution in [0.2, 0.25) is 0 Å². The standard InChI is InChI=1S/C14H19N5O/c1-8-6-7-10(9(2)15-8)16-12(20)11-17-13(19-18-11)14(3,4)5/h6-7H,1-5H3,(H,16,20)(H,17,18,19). The number of rotatable bonds is 2. The van der Waals surface area contributed by atoms with E-state index in [2.05, 4.69) is 25.5 Å². The number of aromatic nitrogens is 4. The van der Waals surface area contributed by atoms with Gasteiger partial charge in [-0.2, -0.15) is 0 Å². The zero-order valence-electron chi connectivity index (χ0n) is 12.4. The van der Waals surface area contributed by atoms with Crippen molar-refractivity contribution in [2.24, 2.45) is 0 Å². The summed E-state index contributed by atoms with van der Waals surface area (Å²) in [4.78, 5) is 20.6. The number of amides is 1. The first-order chi connectivity index (χ1) is 9.27. The molecule has 1 amide bonds. The molecule has 0 atom stereocenters. The van der Waals surface area contributed by atoms with Crippen molar-refractivity contribution in [3.8, 4) is 0 Å². The van der Waals surface area contributed by atoms with Gasteiger partial charge in [0.05, 0.1) is 11.4 Å². The third-order valence-electron chi connectivity index (χ3n) is 2.87. The highest BCUT2D eigenvalue weighted by Crippen LogP contribution is 2.18. The topological polar surface area (TPSA) is 83.6 Å². The maximum atomic E-state index is 12.1. The Kier molecular flexibility index (Phi) is 3.57. The molecule has 2 aromatic heterocycles. The number of hydrogen-bond acceptors (Lipinski definition) is 4. The van der Waals surface area contributed by atoms with E-state index >= 15 is 0 Å². The molecule has 6 heteroatoms. The number of nitrogens with zero attached hydrogens (tertiary/aromatic N) is 3. The predicted octanol–water partition coefficient (Wildman–Crippen LogP) is 2.37. The van der Waals surface area contributed by atoms with E-state index in [0.717, 1.165) is 11.4 Å². The molecule has 2 N–H and O–H groups in total. The van der Waals surface area contributed by atoms with Crippen LogP contribution in [0.15, 0.2) is 12.1 Å². The Labute approximate surface area is 118 Å². The van der Waals surface area contributed by atoms with E-state index < -0.39 is 0 Å². The summed E-state index contributed by atoms with van der Waals surface area (Å²) < 4.78 is 0. The van der Waals surface area contributed by atoms with E-state index in [1.165, 1.54) is 0 Å². The van der Waals surface area contributed by atoms with Crippen LogP contribution in [-0.2, 0) is 5.41 Å². The molecule has 0 aliphatic rings. The predicted molar refractivity (Wildman–Crippen MR) is 76.7 cm³/mol. The van der Waals surface area contributed by atoms with Gasteiger partial charge in [0, 0.05) is 11.1 Å². The van der Waals surface area contributed by atoms with Gasteiger partial charge < -0.3 is 5.32 Å². The van der Waals surface area contributed by atoms with E-state index in [4.69, 9.17) is 0 Å². The van der Waals surface area contributed by atoms with Gasteiger partial charge >= 0.3 is 0 Å². The molecule has 6 nitrogen and oxygen atoms in total. The van der Waals surface area contributed by atoms with E-state index in [1.54, 1.807) is 0 Å². The molecule has 2 rings (SSSR count). The van der Waals surface area contributed by atoms with Crippen molar-refractivity contribution in [2.75, 3.05) is 5.32 Å². The maximum absolute atomic E-state index is 12.1. The molecular formula is C14H19N5O. The molecule has 2 heterocycles. The summed E-state index contributed by atoms with van der Waals surface area (Å²) in [7, 11) is 0. The Morgan fingerprint density at radius 3 is 2.45 bits per heavy atom. The van der Waals surface area contributed by atoms with E-state index in [9.17, 15) is 4.79 Å². The molecule has 2 aromatic rings. The fraction of sp³-hybridized carbons (Fsp3) is 0.429. The molecule has 0 unspecified atom stereocenters. The Balaban J connectivity index is 2.18. The van der Waals surface area contributed by atoms with E-state index in [-0.39, 0.29) is 17.1 Å². The van der Waals surface area contributed by atoms with Crippen LogP contribution < -0.4 is 5.32 Å². The Hall–Kier alpha value is -2.24. The SMILES string of the molecule is Cc1ccc(NC(=O)c2n[nH]c(C(C)(C)C)n2)c(C)n1. The quantitative estimate of drug-likeness (QED) is 0.879. The van der Waals surface area contributed by atoms with Gasteiger partial charge in [0.25, 0.3) is 5.91 Å². The third kappa shape index (κ3) is 3.01. The normalized spacial score (nSPS) is 11.4. The molecule has 0 aromatic carbocycles. The molecule has 0 fully saturated rings. The lowest BCUT2D eigenvalue weighted by molar-refractivity contribution is 0.101. The number of anilines is 1. The van der Waals surface area contributed by atoms with Gasteiger partial charge in [-0.05, 0) is 26.0 Å². The first-order valence-electron chi connectivity index (χ1n) is 6.46. The minimum atomic E-state index is -0.342. The van der Waals surface area contributed by atoms with Crippen molar-refractivity contribution in [1.82, 2.24) is 20.2 Å². The van der Waals surface area contributed by atoms with E-state index in [0.29, 0.717) is 11.5 Å². The van der Waals surface area contributed by atoms with Crippen molar-refractivity contribution in [1.29, 1.82) is 0 Å². The number of aryl methyl sites for hydroxylation is 2. The Morgan fingerprint density at radius 2 is 1.90 bits per heavy atom. The van der Waals surface area contributed by atoms with Crippen LogP contribution in [0.5, 0.6) is 0 Å². The summed E-state index contributed by atoms with van der Waals surface area (Å²) in [6.45, 7) is 9.76. The number of carbonyl (C=O) groups excluding carboxylic acids is 1. The summed E-state index contributed by atoms with van der Waals surface area (Å²) in [5.41, 5.74) is 2.17. The lowest BCUT2D eigenvalue weighted by Gasteiger charge is -2.12. The molecule has 0 saturated carbocycles. The first-order valence-corrected chi connectivity index (χ1v) is 6.46. The summed E-state index contributed by atoms with van der Waals surface area (Å²) >= 11 is 0. The third-order valence-corrected chi connectivity index (χ3v) is 2.87. The smallest absolute Gasteiger partial charge is 0.295 e. The van der Waals surface area contributed by atoms with Crippen molar-refractivity contribution in [3.63, 3.8) is 0 Å². The molecule has 0 saturated heterocycles. The number of H-pyrrole nitrogens is 1. The summed E-state index contributed by atoms with van der Waals surface area (Å²) in [5.74, 6) is 0.474. The van der Waals surface area contributed by atoms with Crippen LogP contribution in [0.4, 0.5) is 5.69 Å². The zero-order valence-corrected chi connectivity index (χ0v) is 12.4. The fourth-order valence-corrected chi connectivity index (χ4v) is 1.70. The van der Waals surface area contributed by atoms with Gasteiger partial charge in [-0.3, -0.25) is 14.9 Å². The highest BCUT2D eigenvalue weighted by Gasteiger charge is 2.21. The summed E-state index contributed by atoms with van der Waals surface area (Å²) in [5, 5.41) is 9.53. The number of pyridine rings is 1. The second kappa shape index (κ2) is 5.03. The molecule has 0 aliphatic heterocycles. The van der Waals surface area contributed by atoms with Gasteiger partial charge in [-0.15, -0.1) is 5.10 Å². The van der Waals surface area contributed by atoms with Crippen LogP contribution in [0, 0.1) is 13.8 Å². The van der Waals surface area contributed by atoms with Crippen LogP contribution in [-0.4, -0.2) is 26.1 Å². The molecule has 0 radical (unpaired) electrons. The number of nitrogens with one attached hydrogen (secondary N) is 2. The second-order valence-electron chi connectivity index (χ2n) is 5.80. The van der Waals surface area contributed by atoms with Gasteiger partial charge in [0.2, 0.25) is 5.82 Å². The van der Waals surface area contributed by atoms with Crippen LogP contribution in [0.25, 0.3) is 0 Å². The molecular weight excluding hydrogens is 254 g/mol. The zero-order chi connectivity index (χ0) is 14.9. The number of aromatic amines is 1. The molecule has 0 bridgehead atoms. The first kappa shape index (κ1) is 14.2. The molecule has 0 spiro atoms. The molecule has 106 valence electrons. The highest BCUT2D eigenvalue weighted by molar-refractivity contribution is 6.01. The highest BCUT2D eigenvalue weighted by atomic mass is 16.2. The van der Waals surface area contributed by atoms with Crippen LogP contribution >= 0.6 is 0 Å². The van der Waals surface area contributed by atoms with Gasteiger partial charge in [-0.25, -0.2) is 4.98 Å². The largest absolute Gasteiger partial charge is 0.318 e.